The smallest absolute Gasteiger partial charge is 0.0886 e. The Kier molecular flexibility index (Phi) is 3.82. The maximum absolute atomic E-state index is 4.12. The first-order chi connectivity index (χ1) is 4.97. The molecule has 0 radical (unpaired) electrons. The number of aromatic nitrogens is 2. The van der Waals surface area contributed by atoms with Gasteiger partial charge in [0.05, 0.1) is 11.0 Å². The number of rotatable bonds is 0. The molecule has 1 heterocycles. The van der Waals surface area contributed by atoms with E-state index >= 15 is 0 Å². The third-order valence-electron chi connectivity index (χ3n) is 1.38. The fourth-order valence-electron chi connectivity index (χ4n) is 0.910. The summed E-state index contributed by atoms with van der Waals surface area (Å²) in [6, 6.07) is 7.80. The van der Waals surface area contributed by atoms with Crippen LogP contribution in [-0.2, 0) is 0 Å². The van der Waals surface area contributed by atoms with E-state index in [9.17, 15) is 0 Å². The Bertz CT molecular complexity index is 282. The van der Waals surface area contributed by atoms with Gasteiger partial charge in [0.1, 0.15) is 0 Å². The molecule has 0 spiro atoms. The molecule has 0 saturated carbocycles. The summed E-state index contributed by atoms with van der Waals surface area (Å²) in [5.74, 6) is 0. The summed E-state index contributed by atoms with van der Waals surface area (Å²) in [6.45, 7) is 0. The van der Waals surface area contributed by atoms with E-state index in [0.717, 1.165) is 11.0 Å². The summed E-state index contributed by atoms with van der Waals surface area (Å²) in [5.41, 5.74) is 1.90. The van der Waals surface area contributed by atoms with E-state index in [1.165, 1.54) is 0 Å². The predicted molar refractivity (Wildman–Crippen MR) is 49.6 cm³/mol. The molecule has 0 atom stereocenters. The molecule has 12 heavy (non-hydrogen) atoms. The van der Waals surface area contributed by atoms with Crippen molar-refractivity contribution in [3.05, 3.63) is 36.7 Å². The zero-order chi connectivity index (χ0) is 6.81. The van der Waals surface area contributed by atoms with Crippen molar-refractivity contribution in [2.45, 2.75) is 0 Å². The van der Waals surface area contributed by atoms with Gasteiger partial charge < -0.3 is 12.3 Å². The Balaban J connectivity index is 0.000000605. The first-order valence-corrected chi connectivity index (χ1v) is 3.12. The van der Waals surface area contributed by atoms with Crippen LogP contribution in [0.25, 0.3) is 11.0 Å². The van der Waals surface area contributed by atoms with Crippen LogP contribution in [0, 0.1) is 0 Å². The minimum atomic E-state index is 0. The molecule has 4 nitrogen and oxygen atoms in total. The second-order valence-corrected chi connectivity index (χ2v) is 2.05. The number of hydrogen-bond donors (Lipinski definition) is 2. The lowest BCUT2D eigenvalue weighted by atomic mass is 10.3. The van der Waals surface area contributed by atoms with Gasteiger partial charge in [0, 0.05) is 12.4 Å². The maximum Gasteiger partial charge on any atom is 0.0886 e. The van der Waals surface area contributed by atoms with Crippen molar-refractivity contribution >= 4 is 11.0 Å². The summed E-state index contributed by atoms with van der Waals surface area (Å²) in [7, 11) is 0. The van der Waals surface area contributed by atoms with Gasteiger partial charge in [-0.3, -0.25) is 9.97 Å². The van der Waals surface area contributed by atoms with E-state index in [-0.39, 0.29) is 12.3 Å². The summed E-state index contributed by atoms with van der Waals surface area (Å²) in [4.78, 5) is 8.24. The SMILES string of the molecule is N.N.c1ccc2nccnc2c1. The van der Waals surface area contributed by atoms with Gasteiger partial charge in [-0.25, -0.2) is 0 Å². The van der Waals surface area contributed by atoms with Crippen molar-refractivity contribution in [2.24, 2.45) is 0 Å². The van der Waals surface area contributed by atoms with Gasteiger partial charge in [0.15, 0.2) is 0 Å². The quantitative estimate of drug-likeness (QED) is 0.622. The van der Waals surface area contributed by atoms with E-state index in [0.29, 0.717) is 0 Å². The molecule has 4 heteroatoms. The standard InChI is InChI=1S/C8H6N2.2H3N/c1-2-4-8-7(3-1)9-5-6-10-8;;/h1-6H;2*1H3. The highest BCUT2D eigenvalue weighted by molar-refractivity contribution is 5.72. The summed E-state index contributed by atoms with van der Waals surface area (Å²) in [5, 5.41) is 0. The van der Waals surface area contributed by atoms with Crippen molar-refractivity contribution < 1.29 is 0 Å². The summed E-state index contributed by atoms with van der Waals surface area (Å²) >= 11 is 0. The van der Waals surface area contributed by atoms with E-state index in [2.05, 4.69) is 9.97 Å². The van der Waals surface area contributed by atoms with Gasteiger partial charge in [0.25, 0.3) is 0 Å². The summed E-state index contributed by atoms with van der Waals surface area (Å²) < 4.78 is 0. The molecule has 2 aromatic rings. The molecule has 6 N–H and O–H groups in total. The van der Waals surface area contributed by atoms with Gasteiger partial charge in [0.2, 0.25) is 0 Å². The van der Waals surface area contributed by atoms with Crippen molar-refractivity contribution in [1.82, 2.24) is 22.3 Å². The van der Waals surface area contributed by atoms with Gasteiger partial charge in [-0.15, -0.1) is 0 Å². The Labute approximate surface area is 70.8 Å². The Morgan fingerprint density at radius 2 is 1.17 bits per heavy atom. The molecule has 2 rings (SSSR count). The Morgan fingerprint density at radius 1 is 0.750 bits per heavy atom. The average molecular weight is 164 g/mol. The van der Waals surface area contributed by atoms with Gasteiger partial charge in [-0.2, -0.15) is 0 Å². The molecule has 1 aromatic heterocycles. The molecule has 0 fully saturated rings. The van der Waals surface area contributed by atoms with Gasteiger partial charge >= 0.3 is 0 Å². The minimum absolute atomic E-state index is 0. The summed E-state index contributed by atoms with van der Waals surface area (Å²) in [6.07, 6.45) is 3.39. The van der Waals surface area contributed by atoms with Gasteiger partial charge in [-0.05, 0) is 12.1 Å². The molecule has 0 aliphatic heterocycles. The number of para-hydroxylation sites is 2. The van der Waals surface area contributed by atoms with Crippen LogP contribution in [0.4, 0.5) is 0 Å². The van der Waals surface area contributed by atoms with Crippen LogP contribution in [0.2, 0.25) is 0 Å². The van der Waals surface area contributed by atoms with Crippen LogP contribution in [0.1, 0.15) is 0 Å². The topological polar surface area (TPSA) is 95.8 Å². The first-order valence-electron chi connectivity index (χ1n) is 3.12. The lowest BCUT2D eigenvalue weighted by Gasteiger charge is -1.90. The highest BCUT2D eigenvalue weighted by atomic mass is 14.8. The van der Waals surface area contributed by atoms with Crippen LogP contribution >= 0.6 is 0 Å². The lowest BCUT2D eigenvalue weighted by Crippen LogP contribution is -1.78. The third-order valence-corrected chi connectivity index (χ3v) is 1.38. The number of nitrogens with zero attached hydrogens (tertiary/aromatic N) is 2. The second-order valence-electron chi connectivity index (χ2n) is 2.05. The highest BCUT2D eigenvalue weighted by Gasteiger charge is 1.88. The highest BCUT2D eigenvalue weighted by Crippen LogP contribution is 2.04. The third kappa shape index (κ3) is 1.75. The lowest BCUT2D eigenvalue weighted by molar-refractivity contribution is 1.29. The number of hydrogen-bond acceptors (Lipinski definition) is 4. The Hall–Kier alpha value is -1.52. The molecular formula is C8H12N4. The molecule has 0 amide bonds. The molecule has 0 unspecified atom stereocenters. The van der Waals surface area contributed by atoms with E-state index < -0.39 is 0 Å². The predicted octanol–water partition coefficient (Wildman–Crippen LogP) is 1.95. The van der Waals surface area contributed by atoms with Crippen molar-refractivity contribution in [3.63, 3.8) is 0 Å². The van der Waals surface area contributed by atoms with E-state index in [4.69, 9.17) is 0 Å². The fourth-order valence-corrected chi connectivity index (χ4v) is 0.910. The number of fused-ring (bicyclic) bond motifs is 1. The van der Waals surface area contributed by atoms with Gasteiger partial charge in [-0.1, -0.05) is 12.1 Å². The van der Waals surface area contributed by atoms with Crippen molar-refractivity contribution in [3.8, 4) is 0 Å². The molecule has 0 aliphatic carbocycles. The second kappa shape index (κ2) is 4.38. The van der Waals surface area contributed by atoms with Crippen LogP contribution in [0.3, 0.4) is 0 Å². The molecule has 1 aromatic carbocycles. The maximum atomic E-state index is 4.12. The zero-order valence-corrected chi connectivity index (χ0v) is 6.77. The fraction of sp³-hybridized carbons (Fsp3) is 0. The molecule has 64 valence electrons. The van der Waals surface area contributed by atoms with Crippen LogP contribution in [-0.4, -0.2) is 9.97 Å². The molecule has 0 bridgehead atoms. The minimum Gasteiger partial charge on any atom is -0.344 e. The molecule has 0 aliphatic rings. The normalized spacial score (nSPS) is 8.33. The van der Waals surface area contributed by atoms with Crippen molar-refractivity contribution in [2.75, 3.05) is 0 Å². The van der Waals surface area contributed by atoms with Crippen LogP contribution in [0.5, 0.6) is 0 Å². The molecular weight excluding hydrogens is 152 g/mol. The largest absolute Gasteiger partial charge is 0.344 e. The number of benzene rings is 1. The Morgan fingerprint density at radius 3 is 1.58 bits per heavy atom. The monoisotopic (exact) mass is 164 g/mol. The van der Waals surface area contributed by atoms with Crippen LogP contribution in [0.15, 0.2) is 36.7 Å². The molecule has 0 saturated heterocycles. The van der Waals surface area contributed by atoms with Crippen LogP contribution < -0.4 is 12.3 Å². The zero-order valence-electron chi connectivity index (χ0n) is 6.77. The first kappa shape index (κ1) is 10.5. The van der Waals surface area contributed by atoms with E-state index in [1.807, 2.05) is 24.3 Å². The van der Waals surface area contributed by atoms with Crippen molar-refractivity contribution in [1.29, 1.82) is 0 Å². The average Bonchev–Trinajstić information content (AvgIpc) is 2.05. The van der Waals surface area contributed by atoms with E-state index in [1.54, 1.807) is 12.4 Å².